The number of rotatable bonds is 3. The topological polar surface area (TPSA) is 80.7 Å². The quantitative estimate of drug-likeness (QED) is 0.887. The van der Waals surface area contributed by atoms with Gasteiger partial charge >= 0.3 is 6.09 Å². The normalized spacial score (nSPS) is 21.8. The molecule has 0 bridgehead atoms. The van der Waals surface area contributed by atoms with E-state index in [1.165, 1.54) is 12.3 Å². The van der Waals surface area contributed by atoms with Crippen molar-refractivity contribution in [3.8, 4) is 11.6 Å². The smallest absolute Gasteiger partial charge is 0.407 e. The van der Waals surface area contributed by atoms with Crippen molar-refractivity contribution >= 4 is 6.09 Å². The van der Waals surface area contributed by atoms with Crippen LogP contribution in [-0.2, 0) is 4.74 Å². The number of aromatic nitrogens is 1. The highest BCUT2D eigenvalue weighted by Crippen LogP contribution is 2.25. The van der Waals surface area contributed by atoms with Gasteiger partial charge in [-0.1, -0.05) is 0 Å². The summed E-state index contributed by atoms with van der Waals surface area (Å²) in [6.07, 6.45) is 2.42. The Morgan fingerprint density at radius 1 is 1.40 bits per heavy atom. The van der Waals surface area contributed by atoms with E-state index in [1.54, 1.807) is 6.07 Å². The van der Waals surface area contributed by atoms with Crippen molar-refractivity contribution in [1.82, 2.24) is 10.3 Å². The van der Waals surface area contributed by atoms with Crippen LogP contribution in [0, 0.1) is 0 Å². The van der Waals surface area contributed by atoms with E-state index in [0.717, 1.165) is 12.8 Å². The number of aromatic hydroxyl groups is 1. The van der Waals surface area contributed by atoms with Gasteiger partial charge in [0, 0.05) is 24.9 Å². The molecule has 0 saturated heterocycles. The summed E-state index contributed by atoms with van der Waals surface area (Å²) < 4.78 is 10.8. The number of nitrogens with one attached hydrogen (secondary N) is 1. The fourth-order valence-electron chi connectivity index (χ4n) is 1.87. The first-order valence-electron chi connectivity index (χ1n) is 6.63. The molecule has 20 heavy (non-hydrogen) atoms. The maximum absolute atomic E-state index is 11.6. The van der Waals surface area contributed by atoms with Crippen LogP contribution >= 0.6 is 0 Å². The SMILES string of the molecule is CC(C)(C)OC(=O)NC1CC(Oc2ccc(O)cn2)C1. The molecule has 2 N–H and O–H groups in total. The van der Waals surface area contributed by atoms with Gasteiger partial charge < -0.3 is 19.9 Å². The van der Waals surface area contributed by atoms with Crippen LogP contribution < -0.4 is 10.1 Å². The molecule has 0 radical (unpaired) electrons. The molecule has 1 aliphatic rings. The largest absolute Gasteiger partial charge is 0.506 e. The zero-order valence-corrected chi connectivity index (χ0v) is 11.9. The highest BCUT2D eigenvalue weighted by Gasteiger charge is 2.33. The number of hydrogen-bond donors (Lipinski definition) is 2. The molecule has 0 unspecified atom stereocenters. The van der Waals surface area contributed by atoms with Crippen molar-refractivity contribution in [2.45, 2.75) is 51.4 Å². The van der Waals surface area contributed by atoms with Gasteiger partial charge in [0.2, 0.25) is 5.88 Å². The minimum atomic E-state index is -0.486. The summed E-state index contributed by atoms with van der Waals surface area (Å²) >= 11 is 0. The third-order valence-electron chi connectivity index (χ3n) is 2.82. The second kappa shape index (κ2) is 5.56. The molecule has 2 rings (SSSR count). The molecule has 0 aliphatic heterocycles. The number of ether oxygens (including phenoxy) is 2. The number of nitrogens with zero attached hydrogens (tertiary/aromatic N) is 1. The Balaban J connectivity index is 1.70. The number of carbonyl (C=O) groups is 1. The van der Waals surface area contributed by atoms with Crippen LogP contribution in [-0.4, -0.2) is 33.9 Å². The Hall–Kier alpha value is -1.98. The molecule has 1 heterocycles. The number of alkyl carbamates (subject to hydrolysis) is 1. The monoisotopic (exact) mass is 280 g/mol. The van der Waals surface area contributed by atoms with Crippen LogP contribution in [0.5, 0.6) is 11.6 Å². The van der Waals surface area contributed by atoms with E-state index < -0.39 is 11.7 Å². The summed E-state index contributed by atoms with van der Waals surface area (Å²) in [7, 11) is 0. The lowest BCUT2D eigenvalue weighted by Gasteiger charge is -2.35. The van der Waals surface area contributed by atoms with Crippen molar-refractivity contribution in [2.24, 2.45) is 0 Å². The Morgan fingerprint density at radius 2 is 2.10 bits per heavy atom. The van der Waals surface area contributed by atoms with Crippen LogP contribution in [0.3, 0.4) is 0 Å². The lowest BCUT2D eigenvalue weighted by atomic mass is 9.89. The fourth-order valence-corrected chi connectivity index (χ4v) is 1.87. The van der Waals surface area contributed by atoms with Crippen LogP contribution in [0.4, 0.5) is 4.79 Å². The van der Waals surface area contributed by atoms with Gasteiger partial charge in [-0.15, -0.1) is 0 Å². The Morgan fingerprint density at radius 3 is 2.65 bits per heavy atom. The van der Waals surface area contributed by atoms with Gasteiger partial charge in [0.1, 0.15) is 17.5 Å². The molecule has 6 nitrogen and oxygen atoms in total. The molecule has 1 aliphatic carbocycles. The van der Waals surface area contributed by atoms with E-state index in [0.29, 0.717) is 5.88 Å². The number of hydrogen-bond acceptors (Lipinski definition) is 5. The van der Waals surface area contributed by atoms with Gasteiger partial charge in [0.25, 0.3) is 0 Å². The maximum Gasteiger partial charge on any atom is 0.407 e. The first kappa shape index (κ1) is 14.4. The van der Waals surface area contributed by atoms with E-state index in [2.05, 4.69) is 10.3 Å². The van der Waals surface area contributed by atoms with Crippen molar-refractivity contribution < 1.29 is 19.4 Å². The molecule has 0 atom stereocenters. The van der Waals surface area contributed by atoms with Crippen LogP contribution in [0.25, 0.3) is 0 Å². The molecular weight excluding hydrogens is 260 g/mol. The van der Waals surface area contributed by atoms with Crippen LogP contribution in [0.15, 0.2) is 18.3 Å². The molecule has 0 aromatic carbocycles. The molecule has 0 spiro atoms. The molecule has 1 amide bonds. The third kappa shape index (κ3) is 4.29. The molecular formula is C14H20N2O4. The van der Waals surface area contributed by atoms with Gasteiger partial charge in [-0.2, -0.15) is 0 Å². The third-order valence-corrected chi connectivity index (χ3v) is 2.82. The second-order valence-corrected chi connectivity index (χ2v) is 5.91. The minimum absolute atomic E-state index is 0.0342. The Kier molecular flexibility index (Phi) is 4.01. The van der Waals surface area contributed by atoms with Crippen LogP contribution in [0.1, 0.15) is 33.6 Å². The number of carbonyl (C=O) groups excluding carboxylic acids is 1. The first-order chi connectivity index (χ1) is 9.32. The fraction of sp³-hybridized carbons (Fsp3) is 0.571. The molecule has 1 fully saturated rings. The molecule has 110 valence electrons. The van der Waals surface area contributed by atoms with Gasteiger partial charge in [-0.3, -0.25) is 0 Å². The van der Waals surface area contributed by atoms with Crippen LogP contribution in [0.2, 0.25) is 0 Å². The Labute approximate surface area is 118 Å². The lowest BCUT2D eigenvalue weighted by molar-refractivity contribution is 0.0354. The van der Waals surface area contributed by atoms with Gasteiger partial charge in [-0.25, -0.2) is 9.78 Å². The van der Waals surface area contributed by atoms with E-state index in [1.807, 2.05) is 20.8 Å². The Bertz CT molecular complexity index is 461. The maximum atomic E-state index is 11.6. The summed E-state index contributed by atoms with van der Waals surface area (Å²) in [5.41, 5.74) is -0.486. The van der Waals surface area contributed by atoms with Gasteiger partial charge in [0.15, 0.2) is 0 Å². The second-order valence-electron chi connectivity index (χ2n) is 5.91. The van der Waals surface area contributed by atoms with Crippen molar-refractivity contribution in [3.63, 3.8) is 0 Å². The zero-order valence-electron chi connectivity index (χ0n) is 11.9. The first-order valence-corrected chi connectivity index (χ1v) is 6.63. The average molecular weight is 280 g/mol. The standard InChI is InChI=1S/C14H20N2O4/c1-14(2,3)20-13(18)16-9-6-11(7-9)19-12-5-4-10(17)8-15-12/h4-5,8-9,11,17H,6-7H2,1-3H3,(H,16,18). The summed E-state index contributed by atoms with van der Waals surface area (Å²) in [4.78, 5) is 15.5. The molecule has 1 aromatic rings. The van der Waals surface area contributed by atoms with Gasteiger partial charge in [0.05, 0.1) is 6.20 Å². The molecule has 1 saturated carbocycles. The molecule has 6 heteroatoms. The predicted molar refractivity (Wildman–Crippen MR) is 72.7 cm³/mol. The van der Waals surface area contributed by atoms with Gasteiger partial charge in [-0.05, 0) is 26.8 Å². The van der Waals surface area contributed by atoms with E-state index in [-0.39, 0.29) is 17.9 Å². The van der Waals surface area contributed by atoms with Crippen molar-refractivity contribution in [3.05, 3.63) is 18.3 Å². The summed E-state index contributed by atoms with van der Waals surface area (Å²) in [5, 5.41) is 11.9. The summed E-state index contributed by atoms with van der Waals surface area (Å²) in [5.74, 6) is 0.582. The summed E-state index contributed by atoms with van der Waals surface area (Å²) in [6.45, 7) is 5.49. The van der Waals surface area contributed by atoms with Crippen molar-refractivity contribution in [1.29, 1.82) is 0 Å². The molecule has 1 aromatic heterocycles. The van der Waals surface area contributed by atoms with E-state index >= 15 is 0 Å². The van der Waals surface area contributed by atoms with Crippen molar-refractivity contribution in [2.75, 3.05) is 0 Å². The number of amides is 1. The van der Waals surface area contributed by atoms with E-state index in [4.69, 9.17) is 14.6 Å². The highest BCUT2D eigenvalue weighted by atomic mass is 16.6. The average Bonchev–Trinajstić information content (AvgIpc) is 2.26. The van der Waals surface area contributed by atoms with E-state index in [9.17, 15) is 4.79 Å². The highest BCUT2D eigenvalue weighted by molar-refractivity contribution is 5.68. The number of pyridine rings is 1. The lowest BCUT2D eigenvalue weighted by Crippen LogP contribution is -2.50. The predicted octanol–water partition coefficient (Wildman–Crippen LogP) is 2.22. The zero-order chi connectivity index (χ0) is 14.8. The summed E-state index contributed by atoms with van der Waals surface area (Å²) in [6, 6.07) is 3.22. The minimum Gasteiger partial charge on any atom is -0.506 e.